The number of carbonyl (C=O) groups is 2. The molecule has 1 N–H and O–H groups in total. The van der Waals surface area contributed by atoms with Crippen LogP contribution in [0.2, 0.25) is 0 Å². The number of carbonyl (C=O) groups excluding carboxylic acids is 2. The summed E-state index contributed by atoms with van der Waals surface area (Å²) in [6.07, 6.45) is 3.36. The van der Waals surface area contributed by atoms with Crippen molar-refractivity contribution in [2.24, 2.45) is 5.92 Å². The van der Waals surface area contributed by atoms with Crippen LogP contribution in [0.15, 0.2) is 53.7 Å². The minimum Gasteiger partial charge on any atom is -0.338 e. The molecule has 1 aliphatic rings. The molecule has 0 unspecified atom stereocenters. The number of rotatable bonds is 6. The molecule has 0 bridgehead atoms. The SMILES string of the molecule is C=CC(=O)N1CC(CC(=O)Nc2ccnn2Cc2cccc(Br)c2)C1. The van der Waals surface area contributed by atoms with Gasteiger partial charge in [0.2, 0.25) is 11.8 Å². The van der Waals surface area contributed by atoms with Crippen molar-refractivity contribution in [2.45, 2.75) is 13.0 Å². The highest BCUT2D eigenvalue weighted by atomic mass is 79.9. The Morgan fingerprint density at radius 3 is 2.88 bits per heavy atom. The predicted molar refractivity (Wildman–Crippen MR) is 99.0 cm³/mol. The third-order valence-electron chi connectivity index (χ3n) is 4.12. The molecular weight excluding hydrogens is 384 g/mol. The molecule has 0 saturated carbocycles. The lowest BCUT2D eigenvalue weighted by molar-refractivity contribution is -0.134. The van der Waals surface area contributed by atoms with E-state index in [0.29, 0.717) is 31.9 Å². The molecule has 1 aromatic carbocycles. The fourth-order valence-corrected chi connectivity index (χ4v) is 3.28. The Hall–Kier alpha value is -2.41. The maximum atomic E-state index is 12.2. The van der Waals surface area contributed by atoms with E-state index in [2.05, 4.69) is 32.9 Å². The van der Waals surface area contributed by atoms with Gasteiger partial charge in [0, 0.05) is 36.0 Å². The first-order valence-electron chi connectivity index (χ1n) is 8.02. The van der Waals surface area contributed by atoms with Gasteiger partial charge in [0.25, 0.3) is 0 Å². The van der Waals surface area contributed by atoms with E-state index in [-0.39, 0.29) is 17.7 Å². The molecule has 25 heavy (non-hydrogen) atoms. The summed E-state index contributed by atoms with van der Waals surface area (Å²) in [4.78, 5) is 25.3. The molecule has 0 spiro atoms. The van der Waals surface area contributed by atoms with Crippen LogP contribution in [0.4, 0.5) is 5.82 Å². The van der Waals surface area contributed by atoms with E-state index in [1.165, 1.54) is 6.08 Å². The highest BCUT2D eigenvalue weighted by Gasteiger charge is 2.30. The number of likely N-dealkylation sites (tertiary alicyclic amines) is 1. The van der Waals surface area contributed by atoms with E-state index in [9.17, 15) is 9.59 Å². The first-order chi connectivity index (χ1) is 12.0. The molecule has 0 atom stereocenters. The summed E-state index contributed by atoms with van der Waals surface area (Å²) in [5.41, 5.74) is 1.09. The molecule has 130 valence electrons. The summed E-state index contributed by atoms with van der Waals surface area (Å²) >= 11 is 3.45. The largest absolute Gasteiger partial charge is 0.338 e. The van der Waals surface area contributed by atoms with Crippen molar-refractivity contribution < 1.29 is 9.59 Å². The van der Waals surface area contributed by atoms with Crippen molar-refractivity contribution in [1.29, 1.82) is 0 Å². The first-order valence-corrected chi connectivity index (χ1v) is 8.82. The number of aromatic nitrogens is 2. The molecule has 0 aliphatic carbocycles. The molecule has 2 aromatic rings. The van der Waals surface area contributed by atoms with Gasteiger partial charge in [0.15, 0.2) is 0 Å². The van der Waals surface area contributed by atoms with Gasteiger partial charge >= 0.3 is 0 Å². The van der Waals surface area contributed by atoms with Crippen LogP contribution < -0.4 is 5.32 Å². The van der Waals surface area contributed by atoms with Gasteiger partial charge in [-0.15, -0.1) is 0 Å². The Kier molecular flexibility index (Phi) is 5.33. The van der Waals surface area contributed by atoms with E-state index in [1.54, 1.807) is 21.8 Å². The lowest BCUT2D eigenvalue weighted by atomic mass is 9.96. The number of halogens is 1. The number of amides is 2. The molecule has 1 saturated heterocycles. The summed E-state index contributed by atoms with van der Waals surface area (Å²) < 4.78 is 2.76. The van der Waals surface area contributed by atoms with Gasteiger partial charge in [-0.3, -0.25) is 9.59 Å². The van der Waals surface area contributed by atoms with Gasteiger partial charge in [0.05, 0.1) is 12.7 Å². The lowest BCUT2D eigenvalue weighted by Gasteiger charge is -2.38. The van der Waals surface area contributed by atoms with Gasteiger partial charge in [-0.1, -0.05) is 34.6 Å². The molecule has 6 nitrogen and oxygen atoms in total. The summed E-state index contributed by atoms with van der Waals surface area (Å²) in [6, 6.07) is 9.75. The van der Waals surface area contributed by atoms with Gasteiger partial charge in [-0.2, -0.15) is 5.10 Å². The van der Waals surface area contributed by atoms with Crippen molar-refractivity contribution in [2.75, 3.05) is 18.4 Å². The molecule has 7 heteroatoms. The Labute approximate surface area is 154 Å². The molecule has 2 amide bonds. The zero-order valence-electron chi connectivity index (χ0n) is 13.7. The Morgan fingerprint density at radius 1 is 1.36 bits per heavy atom. The van der Waals surface area contributed by atoms with Crippen molar-refractivity contribution in [3.8, 4) is 0 Å². The standard InChI is InChI=1S/C18H19BrN4O2/c1-2-18(25)22-10-14(11-22)9-17(24)21-16-6-7-20-23(16)12-13-4-3-5-15(19)8-13/h2-8,14H,1,9-12H2,(H,21,24). The number of hydrogen-bond donors (Lipinski definition) is 1. The molecule has 0 radical (unpaired) electrons. The average Bonchev–Trinajstić information content (AvgIpc) is 2.96. The van der Waals surface area contributed by atoms with Crippen molar-refractivity contribution in [3.05, 3.63) is 59.2 Å². The number of nitrogens with zero attached hydrogens (tertiary/aromatic N) is 3. The number of nitrogens with one attached hydrogen (secondary N) is 1. The second-order valence-electron chi connectivity index (χ2n) is 6.07. The average molecular weight is 403 g/mol. The predicted octanol–water partition coefficient (Wildman–Crippen LogP) is 2.67. The third-order valence-corrected chi connectivity index (χ3v) is 4.62. The third kappa shape index (κ3) is 4.36. The number of anilines is 1. The zero-order valence-corrected chi connectivity index (χ0v) is 15.3. The Morgan fingerprint density at radius 2 is 2.16 bits per heavy atom. The van der Waals surface area contributed by atoms with Crippen LogP contribution >= 0.6 is 15.9 Å². The molecule has 2 heterocycles. The fourth-order valence-electron chi connectivity index (χ4n) is 2.84. The number of benzene rings is 1. The highest BCUT2D eigenvalue weighted by Crippen LogP contribution is 2.20. The van der Waals surface area contributed by atoms with E-state index < -0.39 is 0 Å². The summed E-state index contributed by atoms with van der Waals surface area (Å²) in [5.74, 6) is 0.726. The maximum Gasteiger partial charge on any atom is 0.245 e. The van der Waals surface area contributed by atoms with Crippen molar-refractivity contribution in [1.82, 2.24) is 14.7 Å². The van der Waals surface area contributed by atoms with Gasteiger partial charge in [0.1, 0.15) is 5.82 Å². The van der Waals surface area contributed by atoms with Crippen molar-refractivity contribution >= 4 is 33.6 Å². The van der Waals surface area contributed by atoms with Crippen LogP contribution in [-0.2, 0) is 16.1 Å². The first kappa shape index (κ1) is 17.4. The second kappa shape index (κ2) is 7.65. The normalized spacial score (nSPS) is 14.0. The Balaban J connectivity index is 1.54. The monoisotopic (exact) mass is 402 g/mol. The Bertz CT molecular complexity index is 796. The molecule has 1 aliphatic heterocycles. The van der Waals surface area contributed by atoms with Crippen LogP contribution in [0.3, 0.4) is 0 Å². The van der Waals surface area contributed by atoms with Crippen LogP contribution in [-0.4, -0.2) is 39.6 Å². The van der Waals surface area contributed by atoms with Gasteiger partial charge < -0.3 is 10.2 Å². The minimum absolute atomic E-state index is 0.0632. The number of hydrogen-bond acceptors (Lipinski definition) is 3. The van der Waals surface area contributed by atoms with E-state index >= 15 is 0 Å². The summed E-state index contributed by atoms with van der Waals surface area (Å²) in [5, 5.41) is 7.19. The lowest BCUT2D eigenvalue weighted by Crippen LogP contribution is -2.50. The quantitative estimate of drug-likeness (QED) is 0.755. The van der Waals surface area contributed by atoms with Crippen LogP contribution in [0, 0.1) is 5.92 Å². The molecule has 1 fully saturated rings. The van der Waals surface area contributed by atoms with Gasteiger partial charge in [-0.05, 0) is 23.8 Å². The van der Waals surface area contributed by atoms with Crippen LogP contribution in [0.1, 0.15) is 12.0 Å². The summed E-state index contributed by atoms with van der Waals surface area (Å²) in [7, 11) is 0. The van der Waals surface area contributed by atoms with E-state index in [1.807, 2.05) is 24.3 Å². The summed E-state index contributed by atoms with van der Waals surface area (Å²) in [6.45, 7) is 5.26. The van der Waals surface area contributed by atoms with Crippen molar-refractivity contribution in [3.63, 3.8) is 0 Å². The minimum atomic E-state index is -0.0799. The van der Waals surface area contributed by atoms with E-state index in [0.717, 1.165) is 10.0 Å². The molecular formula is C18H19BrN4O2. The second-order valence-corrected chi connectivity index (χ2v) is 6.99. The smallest absolute Gasteiger partial charge is 0.245 e. The van der Waals surface area contributed by atoms with Gasteiger partial charge in [-0.25, -0.2) is 4.68 Å². The van der Waals surface area contributed by atoms with E-state index in [4.69, 9.17) is 0 Å². The van der Waals surface area contributed by atoms with Crippen LogP contribution in [0.25, 0.3) is 0 Å². The molecule has 3 rings (SSSR count). The van der Waals surface area contributed by atoms with Crippen LogP contribution in [0.5, 0.6) is 0 Å². The zero-order chi connectivity index (χ0) is 17.8. The maximum absolute atomic E-state index is 12.2. The highest BCUT2D eigenvalue weighted by molar-refractivity contribution is 9.10. The molecule has 1 aromatic heterocycles. The topological polar surface area (TPSA) is 67.2 Å². The fraction of sp³-hybridized carbons (Fsp3) is 0.278.